The maximum atomic E-state index is 12.3. The Balaban J connectivity index is 1.64. The van der Waals surface area contributed by atoms with Crippen LogP contribution in [0.25, 0.3) is 0 Å². The molecule has 3 rings (SSSR count). The van der Waals surface area contributed by atoms with Crippen molar-refractivity contribution in [1.29, 1.82) is 0 Å². The number of aromatic nitrogens is 2. The summed E-state index contributed by atoms with van der Waals surface area (Å²) in [6.07, 6.45) is 8.41. The monoisotopic (exact) mass is 320 g/mol. The lowest BCUT2D eigenvalue weighted by molar-refractivity contribution is -0.0437. The predicted molar refractivity (Wildman–Crippen MR) is 90.9 cm³/mol. The van der Waals surface area contributed by atoms with Crippen molar-refractivity contribution in [1.82, 2.24) is 14.9 Å². The number of nitrogens with zero attached hydrogens (tertiary/aromatic N) is 3. The molecule has 0 radical (unpaired) electrons. The molecule has 2 fully saturated rings. The van der Waals surface area contributed by atoms with Crippen LogP contribution in [0.4, 0.5) is 5.82 Å². The number of hydrogen-bond donors (Lipinski definition) is 1. The summed E-state index contributed by atoms with van der Waals surface area (Å²) >= 11 is 0. The van der Waals surface area contributed by atoms with E-state index in [0.29, 0.717) is 30.1 Å². The first kappa shape index (κ1) is 16.5. The summed E-state index contributed by atoms with van der Waals surface area (Å²) in [4.78, 5) is 18.7. The van der Waals surface area contributed by atoms with E-state index in [-0.39, 0.29) is 5.56 Å². The number of hydrogen-bond acceptors (Lipinski definition) is 5. The Hall–Kier alpha value is -1.40. The second-order valence-corrected chi connectivity index (χ2v) is 7.04. The minimum atomic E-state index is -0.0125. The van der Waals surface area contributed by atoms with Gasteiger partial charge < -0.3 is 19.5 Å². The molecule has 2 saturated heterocycles. The molecule has 6 heteroatoms. The molecule has 2 aliphatic heterocycles. The van der Waals surface area contributed by atoms with Gasteiger partial charge in [0.1, 0.15) is 0 Å². The standard InChI is InChI=1S/C17H28N4O2/c1-12-9-15(10-13(2)23-12)19-14-5-4-7-21(11-14)16-17(22)20(3)8-6-18-16/h6,8,12-15,19H,4-5,7,9-11H2,1-3H3/t12-,13-,14-/m1/s1. The van der Waals surface area contributed by atoms with Crippen LogP contribution >= 0.6 is 0 Å². The minimum Gasteiger partial charge on any atom is -0.375 e. The SMILES string of the molecule is C[C@@H]1CC(N[C@@H]2CCCN(c3nccn(C)c3=O)C2)C[C@@H](C)O1. The van der Waals surface area contributed by atoms with Crippen molar-refractivity contribution in [2.24, 2.45) is 7.05 Å². The number of aryl methyl sites for hydroxylation is 1. The van der Waals surface area contributed by atoms with Crippen LogP contribution in [0, 0.1) is 0 Å². The average Bonchev–Trinajstić information content (AvgIpc) is 2.49. The molecule has 2 aliphatic rings. The van der Waals surface area contributed by atoms with Crippen LogP contribution in [-0.4, -0.2) is 46.9 Å². The maximum absolute atomic E-state index is 12.3. The first-order valence-electron chi connectivity index (χ1n) is 8.71. The fourth-order valence-corrected chi connectivity index (χ4v) is 3.88. The number of nitrogens with one attached hydrogen (secondary N) is 1. The molecule has 0 spiro atoms. The predicted octanol–water partition coefficient (Wildman–Crippen LogP) is 1.29. The van der Waals surface area contributed by atoms with E-state index in [0.717, 1.165) is 38.8 Å². The highest BCUT2D eigenvalue weighted by atomic mass is 16.5. The van der Waals surface area contributed by atoms with Crippen LogP contribution in [0.5, 0.6) is 0 Å². The van der Waals surface area contributed by atoms with Gasteiger partial charge in [0.05, 0.1) is 12.2 Å². The Morgan fingerprint density at radius 1 is 1.26 bits per heavy atom. The second kappa shape index (κ2) is 7.01. The van der Waals surface area contributed by atoms with Crippen molar-refractivity contribution in [3.63, 3.8) is 0 Å². The van der Waals surface area contributed by atoms with Crippen LogP contribution in [0.3, 0.4) is 0 Å². The largest absolute Gasteiger partial charge is 0.375 e. The van der Waals surface area contributed by atoms with Gasteiger partial charge in [-0.3, -0.25) is 4.79 Å². The molecule has 23 heavy (non-hydrogen) atoms. The Morgan fingerprint density at radius 3 is 2.74 bits per heavy atom. The number of ether oxygens (including phenoxy) is 1. The van der Waals surface area contributed by atoms with E-state index in [4.69, 9.17) is 4.74 Å². The molecular weight excluding hydrogens is 292 g/mol. The van der Waals surface area contributed by atoms with Crippen molar-refractivity contribution >= 4 is 5.82 Å². The van der Waals surface area contributed by atoms with Gasteiger partial charge in [-0.15, -0.1) is 0 Å². The molecule has 0 aromatic carbocycles. The summed E-state index contributed by atoms with van der Waals surface area (Å²) in [5, 5.41) is 3.79. The molecular formula is C17H28N4O2. The van der Waals surface area contributed by atoms with Crippen LogP contribution in [0.2, 0.25) is 0 Å². The first-order chi connectivity index (χ1) is 11.0. The quantitative estimate of drug-likeness (QED) is 0.909. The number of rotatable bonds is 3. The van der Waals surface area contributed by atoms with Gasteiger partial charge in [-0.05, 0) is 39.5 Å². The van der Waals surface area contributed by atoms with Gasteiger partial charge >= 0.3 is 0 Å². The van der Waals surface area contributed by atoms with Crippen LogP contribution in [0.15, 0.2) is 17.2 Å². The number of piperidine rings is 1. The highest BCUT2D eigenvalue weighted by Gasteiger charge is 2.29. The Bertz CT molecular complexity index is 578. The minimum absolute atomic E-state index is 0.0125. The van der Waals surface area contributed by atoms with Gasteiger partial charge in [-0.25, -0.2) is 4.98 Å². The molecule has 0 saturated carbocycles. The summed E-state index contributed by atoms with van der Waals surface area (Å²) in [7, 11) is 1.78. The van der Waals surface area contributed by atoms with Crippen molar-refractivity contribution in [3.05, 3.63) is 22.7 Å². The lowest BCUT2D eigenvalue weighted by atomic mass is 9.97. The third-order valence-corrected chi connectivity index (χ3v) is 4.89. The summed E-state index contributed by atoms with van der Waals surface area (Å²) in [5.74, 6) is 0.579. The van der Waals surface area contributed by atoms with Crippen molar-refractivity contribution in [2.45, 2.75) is 63.8 Å². The second-order valence-electron chi connectivity index (χ2n) is 7.04. The molecule has 3 atom stereocenters. The van der Waals surface area contributed by atoms with Gasteiger partial charge in [0, 0.05) is 44.6 Å². The molecule has 0 amide bonds. The third kappa shape index (κ3) is 3.93. The fourth-order valence-electron chi connectivity index (χ4n) is 3.88. The van der Waals surface area contributed by atoms with Crippen LogP contribution in [0.1, 0.15) is 39.5 Å². The molecule has 0 aliphatic carbocycles. The molecule has 1 aromatic heterocycles. The van der Waals surface area contributed by atoms with E-state index < -0.39 is 0 Å². The molecule has 1 aromatic rings. The molecule has 128 valence electrons. The van der Waals surface area contributed by atoms with Crippen molar-refractivity contribution in [3.8, 4) is 0 Å². The highest BCUT2D eigenvalue weighted by Crippen LogP contribution is 2.21. The van der Waals surface area contributed by atoms with Crippen LogP contribution in [-0.2, 0) is 11.8 Å². The highest BCUT2D eigenvalue weighted by molar-refractivity contribution is 5.36. The van der Waals surface area contributed by atoms with E-state index in [2.05, 4.69) is 29.0 Å². The zero-order valence-corrected chi connectivity index (χ0v) is 14.4. The van der Waals surface area contributed by atoms with Crippen molar-refractivity contribution in [2.75, 3.05) is 18.0 Å². The van der Waals surface area contributed by atoms with E-state index in [1.807, 2.05) is 0 Å². The molecule has 0 bridgehead atoms. The van der Waals surface area contributed by atoms with Gasteiger partial charge in [0.15, 0.2) is 5.82 Å². The van der Waals surface area contributed by atoms with E-state index in [1.165, 1.54) is 0 Å². The summed E-state index contributed by atoms with van der Waals surface area (Å²) in [5.41, 5.74) is -0.0125. The average molecular weight is 320 g/mol. The van der Waals surface area contributed by atoms with E-state index in [1.54, 1.807) is 24.0 Å². The maximum Gasteiger partial charge on any atom is 0.293 e. The Labute approximate surface area is 137 Å². The fraction of sp³-hybridized carbons (Fsp3) is 0.765. The van der Waals surface area contributed by atoms with Crippen LogP contribution < -0.4 is 15.8 Å². The Morgan fingerprint density at radius 2 is 2.00 bits per heavy atom. The van der Waals surface area contributed by atoms with E-state index in [9.17, 15) is 4.79 Å². The third-order valence-electron chi connectivity index (χ3n) is 4.89. The zero-order valence-electron chi connectivity index (χ0n) is 14.4. The summed E-state index contributed by atoms with van der Waals surface area (Å²) < 4.78 is 7.42. The van der Waals surface area contributed by atoms with Gasteiger partial charge in [0.25, 0.3) is 5.56 Å². The molecule has 3 heterocycles. The lowest BCUT2D eigenvalue weighted by Crippen LogP contribution is -2.53. The zero-order chi connectivity index (χ0) is 16.4. The van der Waals surface area contributed by atoms with E-state index >= 15 is 0 Å². The Kier molecular flexibility index (Phi) is 5.02. The van der Waals surface area contributed by atoms with Gasteiger partial charge in [-0.2, -0.15) is 0 Å². The first-order valence-corrected chi connectivity index (χ1v) is 8.71. The molecule has 6 nitrogen and oxygen atoms in total. The lowest BCUT2D eigenvalue weighted by Gasteiger charge is -2.39. The number of anilines is 1. The topological polar surface area (TPSA) is 59.4 Å². The summed E-state index contributed by atoms with van der Waals surface area (Å²) in [6.45, 7) is 6.06. The van der Waals surface area contributed by atoms with Gasteiger partial charge in [0.2, 0.25) is 0 Å². The molecule has 0 unspecified atom stereocenters. The molecule has 1 N–H and O–H groups in total. The van der Waals surface area contributed by atoms with Crippen molar-refractivity contribution < 1.29 is 4.74 Å². The normalized spacial score (nSPS) is 32.0. The van der Waals surface area contributed by atoms with Gasteiger partial charge in [-0.1, -0.05) is 0 Å². The summed E-state index contributed by atoms with van der Waals surface area (Å²) in [6, 6.07) is 0.920. The smallest absolute Gasteiger partial charge is 0.293 e.